The fourth-order valence-electron chi connectivity index (χ4n) is 3.23. The summed E-state index contributed by atoms with van der Waals surface area (Å²) in [5.74, 6) is 0. The van der Waals surface area contributed by atoms with Crippen LogP contribution >= 0.6 is 11.6 Å². The van der Waals surface area contributed by atoms with Crippen LogP contribution in [0, 0.1) is 0 Å². The monoisotopic (exact) mass is 367 g/mol. The topological polar surface area (TPSA) is 53.6 Å². The predicted octanol–water partition coefficient (Wildman–Crippen LogP) is 4.65. The number of rotatable bonds is 4. The number of para-hydroxylation sites is 1. The van der Waals surface area contributed by atoms with E-state index in [-0.39, 0.29) is 12.1 Å². The molecule has 6 heteroatoms. The second-order valence-corrected chi connectivity index (χ2v) is 8.29. The predicted molar refractivity (Wildman–Crippen MR) is 105 cm³/mol. The first kappa shape index (κ1) is 19.7. The number of nitrogens with one attached hydrogen (secondary N) is 2. The Morgan fingerprint density at radius 1 is 1.24 bits per heavy atom. The summed E-state index contributed by atoms with van der Waals surface area (Å²) in [6.07, 6.45) is 3.66. The number of alkyl carbamates (subject to hydrolysis) is 1. The summed E-state index contributed by atoms with van der Waals surface area (Å²) in [5, 5.41) is 7.34. The first-order chi connectivity index (χ1) is 11.7. The van der Waals surface area contributed by atoms with Gasteiger partial charge in [-0.25, -0.2) is 4.79 Å². The molecular weight excluding hydrogens is 338 g/mol. The van der Waals surface area contributed by atoms with E-state index in [1.807, 2.05) is 58.0 Å². The van der Waals surface area contributed by atoms with Crippen LogP contribution < -0.4 is 15.5 Å². The molecule has 25 heavy (non-hydrogen) atoms. The Morgan fingerprint density at radius 2 is 1.92 bits per heavy atom. The molecule has 1 saturated carbocycles. The average Bonchev–Trinajstić information content (AvgIpc) is 2.45. The van der Waals surface area contributed by atoms with E-state index in [2.05, 4.69) is 10.6 Å². The van der Waals surface area contributed by atoms with E-state index >= 15 is 0 Å². The molecule has 0 saturated heterocycles. The molecule has 2 atom stereocenters. The highest BCUT2D eigenvalue weighted by atomic mass is 35.5. The van der Waals surface area contributed by atoms with Crippen molar-refractivity contribution in [1.29, 1.82) is 0 Å². The lowest BCUT2D eigenvalue weighted by molar-refractivity contribution is 0.0492. The smallest absolute Gasteiger partial charge is 0.407 e. The highest BCUT2D eigenvalue weighted by Gasteiger charge is 2.26. The summed E-state index contributed by atoms with van der Waals surface area (Å²) in [4.78, 5) is 14.0. The number of ether oxygens (including phenoxy) is 1. The lowest BCUT2D eigenvalue weighted by atomic mass is 9.91. The van der Waals surface area contributed by atoms with Gasteiger partial charge in [0.2, 0.25) is 0 Å². The van der Waals surface area contributed by atoms with Crippen molar-refractivity contribution in [3.05, 3.63) is 23.2 Å². The van der Waals surface area contributed by atoms with Crippen molar-refractivity contribution in [3.8, 4) is 0 Å². The molecule has 0 heterocycles. The maximum absolute atomic E-state index is 12.0. The Labute approximate surface area is 156 Å². The summed E-state index contributed by atoms with van der Waals surface area (Å²) in [6, 6.07) is 6.33. The van der Waals surface area contributed by atoms with E-state index < -0.39 is 5.60 Å². The maximum atomic E-state index is 12.0. The van der Waals surface area contributed by atoms with Gasteiger partial charge in [0.1, 0.15) is 5.60 Å². The van der Waals surface area contributed by atoms with Crippen LogP contribution in [0.4, 0.5) is 16.2 Å². The van der Waals surface area contributed by atoms with Crippen molar-refractivity contribution >= 4 is 29.1 Å². The summed E-state index contributed by atoms with van der Waals surface area (Å²) in [5.41, 5.74) is 1.55. The molecule has 2 rings (SSSR count). The van der Waals surface area contributed by atoms with Gasteiger partial charge in [0.15, 0.2) is 0 Å². The minimum Gasteiger partial charge on any atom is -0.444 e. The number of hydrogen-bond donors (Lipinski definition) is 2. The van der Waals surface area contributed by atoms with Crippen LogP contribution in [0.2, 0.25) is 5.02 Å². The van der Waals surface area contributed by atoms with E-state index in [0.717, 1.165) is 42.1 Å². The Balaban J connectivity index is 1.98. The molecule has 2 unspecified atom stereocenters. The Bertz CT molecular complexity index is 599. The number of amides is 1. The fraction of sp³-hybridized carbons (Fsp3) is 0.632. The highest BCUT2D eigenvalue weighted by Crippen LogP contribution is 2.34. The molecule has 1 aliphatic rings. The number of nitrogens with zero attached hydrogens (tertiary/aromatic N) is 1. The van der Waals surface area contributed by atoms with Gasteiger partial charge in [-0.05, 0) is 58.6 Å². The first-order valence-electron chi connectivity index (χ1n) is 8.87. The van der Waals surface area contributed by atoms with E-state index in [9.17, 15) is 4.79 Å². The van der Waals surface area contributed by atoms with Crippen LogP contribution in [0.3, 0.4) is 0 Å². The zero-order valence-corrected chi connectivity index (χ0v) is 16.6. The summed E-state index contributed by atoms with van der Waals surface area (Å²) in [6.45, 7) is 5.62. The number of hydrogen-bond acceptors (Lipinski definition) is 4. The van der Waals surface area contributed by atoms with Gasteiger partial charge < -0.3 is 20.3 Å². The fourth-order valence-corrected chi connectivity index (χ4v) is 3.58. The summed E-state index contributed by atoms with van der Waals surface area (Å²) in [7, 11) is 3.97. The van der Waals surface area contributed by atoms with Gasteiger partial charge in [0.25, 0.3) is 0 Å². The zero-order chi connectivity index (χ0) is 18.6. The molecule has 0 aliphatic heterocycles. The zero-order valence-electron chi connectivity index (χ0n) is 15.9. The Hall–Kier alpha value is -1.62. The van der Waals surface area contributed by atoms with Gasteiger partial charge in [0, 0.05) is 26.2 Å². The van der Waals surface area contributed by atoms with Gasteiger partial charge in [-0.2, -0.15) is 0 Å². The molecule has 140 valence electrons. The van der Waals surface area contributed by atoms with E-state index in [1.54, 1.807) is 0 Å². The third-order valence-electron chi connectivity index (χ3n) is 4.19. The molecule has 0 spiro atoms. The SMILES string of the molecule is CN(C)c1c(Cl)cccc1NC1CCCC(NC(=O)OC(C)(C)C)C1. The minimum absolute atomic E-state index is 0.128. The Kier molecular flexibility index (Phi) is 6.44. The van der Waals surface area contributed by atoms with E-state index in [0.29, 0.717) is 6.04 Å². The van der Waals surface area contributed by atoms with Gasteiger partial charge in [-0.15, -0.1) is 0 Å². The van der Waals surface area contributed by atoms with Crippen molar-refractivity contribution in [2.75, 3.05) is 24.3 Å². The van der Waals surface area contributed by atoms with Crippen LogP contribution in [0.25, 0.3) is 0 Å². The van der Waals surface area contributed by atoms with Crippen LogP contribution in [-0.2, 0) is 4.74 Å². The molecule has 1 aromatic rings. The number of benzene rings is 1. The minimum atomic E-state index is -0.474. The van der Waals surface area contributed by atoms with Crippen molar-refractivity contribution in [1.82, 2.24) is 5.32 Å². The van der Waals surface area contributed by atoms with Crippen molar-refractivity contribution in [2.24, 2.45) is 0 Å². The normalized spacial score (nSPS) is 20.7. The van der Waals surface area contributed by atoms with Crippen LogP contribution in [-0.4, -0.2) is 37.9 Å². The van der Waals surface area contributed by atoms with E-state index in [4.69, 9.17) is 16.3 Å². The molecule has 2 N–H and O–H groups in total. The number of halogens is 1. The molecule has 1 fully saturated rings. The lowest BCUT2D eigenvalue weighted by Crippen LogP contribution is -2.44. The van der Waals surface area contributed by atoms with Crippen molar-refractivity contribution in [3.63, 3.8) is 0 Å². The molecule has 1 aromatic carbocycles. The Morgan fingerprint density at radius 3 is 2.56 bits per heavy atom. The molecular formula is C19H30ClN3O2. The standard InChI is InChI=1S/C19H30ClN3O2/c1-19(2,3)25-18(24)22-14-9-6-8-13(12-14)21-16-11-7-10-15(20)17(16)23(4)5/h7,10-11,13-14,21H,6,8-9,12H2,1-5H3,(H,22,24). The number of carbonyl (C=O) groups excluding carboxylic acids is 1. The van der Waals surface area contributed by atoms with Gasteiger partial charge >= 0.3 is 6.09 Å². The average molecular weight is 368 g/mol. The largest absolute Gasteiger partial charge is 0.444 e. The second kappa shape index (κ2) is 8.17. The lowest BCUT2D eigenvalue weighted by Gasteiger charge is -2.32. The number of anilines is 2. The van der Waals surface area contributed by atoms with Crippen LogP contribution in [0.15, 0.2) is 18.2 Å². The second-order valence-electron chi connectivity index (χ2n) is 7.88. The van der Waals surface area contributed by atoms with Crippen molar-refractivity contribution in [2.45, 2.75) is 64.1 Å². The molecule has 0 bridgehead atoms. The molecule has 5 nitrogen and oxygen atoms in total. The third-order valence-corrected chi connectivity index (χ3v) is 4.49. The first-order valence-corrected chi connectivity index (χ1v) is 9.25. The van der Waals surface area contributed by atoms with E-state index in [1.165, 1.54) is 0 Å². The van der Waals surface area contributed by atoms with Crippen LogP contribution in [0.5, 0.6) is 0 Å². The number of carbonyl (C=O) groups is 1. The molecule has 1 aliphatic carbocycles. The highest BCUT2D eigenvalue weighted by molar-refractivity contribution is 6.34. The maximum Gasteiger partial charge on any atom is 0.407 e. The molecule has 0 radical (unpaired) electrons. The van der Waals surface area contributed by atoms with Crippen LogP contribution in [0.1, 0.15) is 46.5 Å². The molecule has 1 amide bonds. The van der Waals surface area contributed by atoms with Gasteiger partial charge in [0.05, 0.1) is 16.4 Å². The van der Waals surface area contributed by atoms with Crippen molar-refractivity contribution < 1.29 is 9.53 Å². The van der Waals surface area contributed by atoms with Gasteiger partial charge in [-0.1, -0.05) is 17.7 Å². The quantitative estimate of drug-likeness (QED) is 0.813. The van der Waals surface area contributed by atoms with Gasteiger partial charge in [-0.3, -0.25) is 0 Å². The summed E-state index contributed by atoms with van der Waals surface area (Å²) < 4.78 is 5.37. The third kappa shape index (κ3) is 5.99. The molecule has 0 aromatic heterocycles. The summed E-state index contributed by atoms with van der Waals surface area (Å²) >= 11 is 6.35.